The van der Waals surface area contributed by atoms with E-state index in [0.717, 1.165) is 23.3 Å². The molecule has 0 fully saturated rings. The average Bonchev–Trinajstić information content (AvgIpc) is 3.07. The number of hydrogen-bond acceptors (Lipinski definition) is 4. The molecule has 0 saturated carbocycles. The molecule has 0 amide bonds. The van der Waals surface area contributed by atoms with Crippen molar-refractivity contribution in [1.29, 1.82) is 0 Å². The van der Waals surface area contributed by atoms with E-state index in [1.54, 1.807) is 19.2 Å². The lowest BCUT2D eigenvalue weighted by atomic mass is 9.98. The molecular weight excluding hydrogens is 322 g/mol. The third kappa shape index (κ3) is 3.05. The molecule has 24 heavy (non-hydrogen) atoms. The molecule has 124 valence electrons. The molecule has 1 aliphatic rings. The van der Waals surface area contributed by atoms with Gasteiger partial charge in [-0.25, -0.2) is 5.01 Å². The Morgan fingerprint density at radius 2 is 1.83 bits per heavy atom. The van der Waals surface area contributed by atoms with Crippen LogP contribution in [-0.2, 0) is 0 Å². The minimum absolute atomic E-state index is 0.00629. The van der Waals surface area contributed by atoms with Gasteiger partial charge in [0.25, 0.3) is 0 Å². The Morgan fingerprint density at radius 3 is 2.46 bits per heavy atom. The number of nitrogens with two attached hydrogens (primary N) is 1. The fourth-order valence-corrected chi connectivity index (χ4v) is 3.01. The van der Waals surface area contributed by atoms with E-state index in [0.29, 0.717) is 11.5 Å². The molecule has 2 N–H and O–H groups in total. The second kappa shape index (κ2) is 6.88. The summed E-state index contributed by atoms with van der Waals surface area (Å²) in [7, 11) is 3.23. The highest BCUT2D eigenvalue weighted by molar-refractivity contribution is 7.80. The van der Waals surface area contributed by atoms with Crippen LogP contribution in [0.4, 0.5) is 0 Å². The van der Waals surface area contributed by atoms with Crippen LogP contribution in [-0.4, -0.2) is 30.1 Å². The molecule has 5 nitrogen and oxygen atoms in total. The number of benzene rings is 2. The summed E-state index contributed by atoms with van der Waals surface area (Å²) in [4.78, 5) is 0. The van der Waals surface area contributed by atoms with Crippen LogP contribution in [0.15, 0.2) is 53.6 Å². The van der Waals surface area contributed by atoms with Gasteiger partial charge in [-0.15, -0.1) is 0 Å². The molecule has 3 rings (SSSR count). The zero-order valence-electron chi connectivity index (χ0n) is 13.6. The van der Waals surface area contributed by atoms with Gasteiger partial charge in [-0.1, -0.05) is 30.3 Å². The van der Waals surface area contributed by atoms with Crippen molar-refractivity contribution in [3.63, 3.8) is 0 Å². The largest absolute Gasteiger partial charge is 0.493 e. The van der Waals surface area contributed by atoms with Crippen LogP contribution in [0.5, 0.6) is 11.5 Å². The second-order valence-corrected chi connectivity index (χ2v) is 5.85. The molecular formula is C18H19N3O2S. The van der Waals surface area contributed by atoms with E-state index in [9.17, 15) is 0 Å². The minimum Gasteiger partial charge on any atom is -0.493 e. The zero-order chi connectivity index (χ0) is 17.1. The van der Waals surface area contributed by atoms with Crippen LogP contribution >= 0.6 is 12.2 Å². The molecule has 1 atom stereocenters. The van der Waals surface area contributed by atoms with E-state index in [1.165, 1.54) is 0 Å². The van der Waals surface area contributed by atoms with Gasteiger partial charge >= 0.3 is 0 Å². The first-order valence-corrected chi connectivity index (χ1v) is 7.98. The van der Waals surface area contributed by atoms with Gasteiger partial charge in [0.2, 0.25) is 0 Å². The van der Waals surface area contributed by atoms with Crippen molar-refractivity contribution in [2.45, 2.75) is 12.5 Å². The minimum atomic E-state index is 0.00629. The van der Waals surface area contributed by atoms with Gasteiger partial charge in [-0.3, -0.25) is 0 Å². The van der Waals surface area contributed by atoms with Crippen LogP contribution in [0, 0.1) is 0 Å². The van der Waals surface area contributed by atoms with Crippen molar-refractivity contribution < 1.29 is 9.47 Å². The number of hydrazone groups is 1. The lowest BCUT2D eigenvalue weighted by Gasteiger charge is -2.21. The van der Waals surface area contributed by atoms with Crippen LogP contribution in [0.25, 0.3) is 0 Å². The smallest absolute Gasteiger partial charge is 0.187 e. The Hall–Kier alpha value is -2.60. The summed E-state index contributed by atoms with van der Waals surface area (Å²) in [6, 6.07) is 15.9. The third-order valence-corrected chi connectivity index (χ3v) is 4.22. The Labute approximate surface area is 146 Å². The molecule has 0 aromatic heterocycles. The molecule has 1 heterocycles. The van der Waals surface area contributed by atoms with Crippen molar-refractivity contribution in [2.24, 2.45) is 10.8 Å². The second-order valence-electron chi connectivity index (χ2n) is 5.43. The van der Waals surface area contributed by atoms with Gasteiger partial charge < -0.3 is 15.2 Å². The molecule has 2 aromatic rings. The van der Waals surface area contributed by atoms with Gasteiger partial charge in [0.1, 0.15) is 0 Å². The van der Waals surface area contributed by atoms with Crippen LogP contribution in [0.2, 0.25) is 0 Å². The van der Waals surface area contributed by atoms with Crippen LogP contribution in [0.3, 0.4) is 0 Å². The van der Waals surface area contributed by atoms with E-state index in [1.807, 2.05) is 36.4 Å². The van der Waals surface area contributed by atoms with Gasteiger partial charge in [0.15, 0.2) is 16.6 Å². The summed E-state index contributed by atoms with van der Waals surface area (Å²) in [6.07, 6.45) is 0.719. The molecule has 1 unspecified atom stereocenters. The average molecular weight is 341 g/mol. The molecule has 0 radical (unpaired) electrons. The summed E-state index contributed by atoms with van der Waals surface area (Å²) in [5.74, 6) is 1.35. The van der Waals surface area contributed by atoms with E-state index >= 15 is 0 Å². The number of nitrogens with zero attached hydrogens (tertiary/aromatic N) is 2. The van der Waals surface area contributed by atoms with E-state index in [2.05, 4.69) is 17.2 Å². The van der Waals surface area contributed by atoms with E-state index < -0.39 is 0 Å². The SMILES string of the molecule is COc1ccc(C2=NN(C(N)=S)C(c3ccccc3)C2)cc1OC. The molecule has 0 spiro atoms. The molecule has 2 aromatic carbocycles. The third-order valence-electron chi connectivity index (χ3n) is 4.04. The highest BCUT2D eigenvalue weighted by atomic mass is 32.1. The number of methoxy groups -OCH3 is 2. The summed E-state index contributed by atoms with van der Waals surface area (Å²) in [5, 5.41) is 6.60. The summed E-state index contributed by atoms with van der Waals surface area (Å²) < 4.78 is 10.7. The maximum atomic E-state index is 5.87. The Bertz CT molecular complexity index is 777. The van der Waals surface area contributed by atoms with Gasteiger partial charge in [-0.2, -0.15) is 5.10 Å². The van der Waals surface area contributed by atoms with Crippen molar-refractivity contribution in [3.8, 4) is 11.5 Å². The van der Waals surface area contributed by atoms with Crippen molar-refractivity contribution >= 4 is 23.0 Å². The predicted octanol–water partition coefficient (Wildman–Crippen LogP) is 3.10. The Morgan fingerprint density at radius 1 is 1.12 bits per heavy atom. The van der Waals surface area contributed by atoms with Crippen molar-refractivity contribution in [3.05, 3.63) is 59.7 Å². The lowest BCUT2D eigenvalue weighted by Crippen LogP contribution is -2.31. The van der Waals surface area contributed by atoms with E-state index in [4.69, 9.17) is 27.4 Å². The highest BCUT2D eigenvalue weighted by Crippen LogP contribution is 2.35. The monoisotopic (exact) mass is 341 g/mol. The maximum absolute atomic E-state index is 5.87. The molecule has 0 bridgehead atoms. The predicted molar refractivity (Wildman–Crippen MR) is 98.5 cm³/mol. The molecule has 0 aliphatic carbocycles. The number of thiocarbonyl (C=S) groups is 1. The fourth-order valence-electron chi connectivity index (χ4n) is 2.84. The first-order chi connectivity index (χ1) is 11.6. The lowest BCUT2D eigenvalue weighted by molar-refractivity contribution is 0.355. The first kappa shape index (κ1) is 16.3. The van der Waals surface area contributed by atoms with Gasteiger partial charge in [0.05, 0.1) is 26.0 Å². The summed E-state index contributed by atoms with van der Waals surface area (Å²) in [5.41, 5.74) is 8.88. The van der Waals surface area contributed by atoms with Crippen LogP contribution < -0.4 is 15.2 Å². The summed E-state index contributed by atoms with van der Waals surface area (Å²) >= 11 is 5.18. The normalized spacial score (nSPS) is 16.7. The zero-order valence-corrected chi connectivity index (χ0v) is 14.4. The number of hydrogen-bond donors (Lipinski definition) is 1. The first-order valence-electron chi connectivity index (χ1n) is 7.57. The topological polar surface area (TPSA) is 60.1 Å². The van der Waals surface area contributed by atoms with Crippen molar-refractivity contribution in [1.82, 2.24) is 5.01 Å². The maximum Gasteiger partial charge on any atom is 0.187 e. The number of ether oxygens (including phenoxy) is 2. The Kier molecular flexibility index (Phi) is 4.66. The standard InChI is InChI=1S/C18H19N3O2S/c1-22-16-9-8-13(10-17(16)23-2)14-11-15(21(20-14)18(19)24)12-6-4-3-5-7-12/h3-10,15H,11H2,1-2H3,(H2,19,24). The van der Waals surface area contributed by atoms with E-state index in [-0.39, 0.29) is 11.2 Å². The van der Waals surface area contributed by atoms with Gasteiger partial charge in [0, 0.05) is 12.0 Å². The Balaban J connectivity index is 1.95. The molecule has 6 heteroatoms. The van der Waals surface area contributed by atoms with Crippen molar-refractivity contribution in [2.75, 3.05) is 14.2 Å². The summed E-state index contributed by atoms with van der Waals surface area (Å²) in [6.45, 7) is 0. The fraction of sp³-hybridized carbons (Fsp3) is 0.222. The van der Waals surface area contributed by atoms with Gasteiger partial charge in [-0.05, 0) is 36.0 Å². The molecule has 0 saturated heterocycles. The van der Waals surface area contributed by atoms with Crippen LogP contribution in [0.1, 0.15) is 23.6 Å². The molecule has 1 aliphatic heterocycles. The quantitative estimate of drug-likeness (QED) is 0.866. The number of rotatable bonds is 4. The highest BCUT2D eigenvalue weighted by Gasteiger charge is 2.30.